The standard InChI is InChI=1S/C25H18BrNO4S/c26-20-10-8-19(9-11-20)22(28)15-27-24(29)23(32-25(27)30)14-17-6-12-21(13-7-17)31-16-18-4-2-1-3-5-18/h1-14H,15-16H2/b23-14+. The molecule has 32 heavy (non-hydrogen) atoms. The number of carbonyl (C=O) groups is 3. The number of rotatable bonds is 7. The molecule has 2 amide bonds. The van der Waals surface area contributed by atoms with Gasteiger partial charge in [-0.3, -0.25) is 19.3 Å². The minimum Gasteiger partial charge on any atom is -0.489 e. The average Bonchev–Trinajstić information content (AvgIpc) is 3.07. The van der Waals surface area contributed by atoms with Crippen LogP contribution in [0.15, 0.2) is 88.2 Å². The van der Waals surface area contributed by atoms with Crippen LogP contribution >= 0.6 is 27.7 Å². The predicted octanol–water partition coefficient (Wildman–Crippen LogP) is 5.95. The normalized spacial score (nSPS) is 14.8. The van der Waals surface area contributed by atoms with Crippen molar-refractivity contribution in [3.8, 4) is 5.75 Å². The van der Waals surface area contributed by atoms with Gasteiger partial charge in [-0.25, -0.2) is 0 Å². The minimum atomic E-state index is -0.463. The molecule has 0 radical (unpaired) electrons. The van der Waals surface area contributed by atoms with Gasteiger partial charge >= 0.3 is 0 Å². The van der Waals surface area contributed by atoms with Crippen LogP contribution in [0.25, 0.3) is 6.08 Å². The summed E-state index contributed by atoms with van der Waals surface area (Å²) < 4.78 is 6.62. The lowest BCUT2D eigenvalue weighted by Crippen LogP contribution is -2.33. The third-order valence-corrected chi connectivity index (χ3v) is 6.20. The van der Waals surface area contributed by atoms with Gasteiger partial charge < -0.3 is 4.74 Å². The molecule has 1 heterocycles. The third-order valence-electron chi connectivity index (χ3n) is 4.77. The minimum absolute atomic E-state index is 0.282. The van der Waals surface area contributed by atoms with Crippen LogP contribution in [0.3, 0.4) is 0 Å². The number of thioether (sulfide) groups is 1. The highest BCUT2D eigenvalue weighted by molar-refractivity contribution is 9.10. The van der Waals surface area contributed by atoms with Crippen molar-refractivity contribution in [2.45, 2.75) is 6.61 Å². The van der Waals surface area contributed by atoms with E-state index in [2.05, 4.69) is 15.9 Å². The highest BCUT2D eigenvalue weighted by Gasteiger charge is 2.36. The van der Waals surface area contributed by atoms with E-state index in [1.807, 2.05) is 54.6 Å². The predicted molar refractivity (Wildman–Crippen MR) is 128 cm³/mol. The Balaban J connectivity index is 1.39. The Bertz CT molecular complexity index is 1170. The van der Waals surface area contributed by atoms with Gasteiger partial charge in [-0.05, 0) is 53.2 Å². The van der Waals surface area contributed by atoms with Gasteiger partial charge in [-0.2, -0.15) is 0 Å². The summed E-state index contributed by atoms with van der Waals surface area (Å²) in [6.07, 6.45) is 1.65. The lowest BCUT2D eigenvalue weighted by atomic mass is 10.1. The number of Topliss-reactive ketones (excluding diaryl/α,β-unsaturated/α-hetero) is 1. The van der Waals surface area contributed by atoms with E-state index in [1.165, 1.54) is 0 Å². The Hall–Kier alpha value is -3.16. The molecule has 0 unspecified atom stereocenters. The molecule has 0 N–H and O–H groups in total. The molecule has 0 aromatic heterocycles. The van der Waals surface area contributed by atoms with Gasteiger partial charge in [0.1, 0.15) is 12.4 Å². The Kier molecular flexibility index (Phi) is 6.87. The van der Waals surface area contributed by atoms with Crippen molar-refractivity contribution in [3.63, 3.8) is 0 Å². The van der Waals surface area contributed by atoms with Gasteiger partial charge in [0.2, 0.25) is 0 Å². The smallest absolute Gasteiger partial charge is 0.293 e. The Morgan fingerprint density at radius 2 is 1.62 bits per heavy atom. The first kappa shape index (κ1) is 22.0. The molecule has 4 rings (SSSR count). The van der Waals surface area contributed by atoms with Crippen LogP contribution in [0, 0.1) is 0 Å². The summed E-state index contributed by atoms with van der Waals surface area (Å²) in [5, 5.41) is -0.450. The number of halogens is 1. The van der Waals surface area contributed by atoms with E-state index in [1.54, 1.807) is 30.3 Å². The van der Waals surface area contributed by atoms with Gasteiger partial charge in [0.25, 0.3) is 11.1 Å². The second-order valence-corrected chi connectivity index (χ2v) is 8.95. The molecule has 1 aliphatic rings. The summed E-state index contributed by atoms with van der Waals surface area (Å²) in [4.78, 5) is 38.8. The highest BCUT2D eigenvalue weighted by atomic mass is 79.9. The van der Waals surface area contributed by atoms with Crippen molar-refractivity contribution in [2.24, 2.45) is 0 Å². The zero-order valence-electron chi connectivity index (χ0n) is 16.9. The van der Waals surface area contributed by atoms with Gasteiger partial charge in [0.05, 0.1) is 11.4 Å². The van der Waals surface area contributed by atoms with Crippen molar-refractivity contribution < 1.29 is 19.1 Å². The van der Waals surface area contributed by atoms with Crippen molar-refractivity contribution in [1.82, 2.24) is 4.90 Å². The monoisotopic (exact) mass is 507 g/mol. The first-order valence-corrected chi connectivity index (χ1v) is 11.4. The van der Waals surface area contributed by atoms with Crippen molar-refractivity contribution >= 4 is 50.7 Å². The summed E-state index contributed by atoms with van der Waals surface area (Å²) >= 11 is 4.15. The van der Waals surface area contributed by atoms with Crippen LogP contribution in [0.1, 0.15) is 21.5 Å². The second kappa shape index (κ2) is 9.97. The summed E-state index contributed by atoms with van der Waals surface area (Å²) in [5.41, 5.74) is 2.28. The first-order chi connectivity index (χ1) is 15.5. The Labute approximate surface area is 198 Å². The SMILES string of the molecule is O=C(CN1C(=O)S/C(=C/c2ccc(OCc3ccccc3)cc2)C1=O)c1ccc(Br)cc1. The first-order valence-electron chi connectivity index (χ1n) is 9.80. The Morgan fingerprint density at radius 1 is 0.938 bits per heavy atom. The molecular weight excluding hydrogens is 490 g/mol. The van der Waals surface area contributed by atoms with Crippen LogP contribution < -0.4 is 4.74 Å². The van der Waals surface area contributed by atoms with Crippen molar-refractivity contribution in [2.75, 3.05) is 6.54 Å². The maximum absolute atomic E-state index is 12.7. The summed E-state index contributed by atoms with van der Waals surface area (Å²) in [6.45, 7) is 0.182. The quantitative estimate of drug-likeness (QED) is 0.292. The summed E-state index contributed by atoms with van der Waals surface area (Å²) in [6, 6.07) is 23.9. The number of ether oxygens (including phenoxy) is 1. The molecule has 3 aromatic carbocycles. The molecule has 0 aliphatic carbocycles. The fourth-order valence-corrected chi connectivity index (χ4v) is 4.16. The molecule has 1 fully saturated rings. The van der Waals surface area contributed by atoms with Crippen molar-refractivity contribution in [1.29, 1.82) is 0 Å². The highest BCUT2D eigenvalue weighted by Crippen LogP contribution is 2.32. The van der Waals surface area contributed by atoms with E-state index in [0.29, 0.717) is 17.9 Å². The number of hydrogen-bond donors (Lipinski definition) is 0. The number of nitrogens with zero attached hydrogens (tertiary/aromatic N) is 1. The molecule has 1 saturated heterocycles. The van der Waals surface area contributed by atoms with Crippen LogP contribution in [-0.2, 0) is 11.4 Å². The molecule has 0 saturated carbocycles. The van der Waals surface area contributed by atoms with Crippen LogP contribution in [0.4, 0.5) is 4.79 Å². The van der Waals surface area contributed by atoms with Crippen molar-refractivity contribution in [3.05, 3.63) is 105 Å². The number of hydrogen-bond acceptors (Lipinski definition) is 5. The van der Waals surface area contributed by atoms with Gasteiger partial charge in [0.15, 0.2) is 5.78 Å². The van der Waals surface area contributed by atoms with E-state index >= 15 is 0 Å². The number of amides is 2. The van der Waals surface area contributed by atoms with Gasteiger partial charge in [-0.1, -0.05) is 70.5 Å². The molecule has 0 bridgehead atoms. The maximum Gasteiger partial charge on any atom is 0.293 e. The van der Waals surface area contributed by atoms with E-state index in [0.717, 1.165) is 32.3 Å². The molecule has 0 spiro atoms. The largest absolute Gasteiger partial charge is 0.489 e. The molecule has 0 atom stereocenters. The lowest BCUT2D eigenvalue weighted by Gasteiger charge is -2.11. The van der Waals surface area contributed by atoms with Gasteiger partial charge in [0, 0.05) is 10.0 Å². The summed E-state index contributed by atoms with van der Waals surface area (Å²) in [5.74, 6) is -0.0463. The number of ketones is 1. The van der Waals surface area contributed by atoms with Crippen LogP contribution in [0.2, 0.25) is 0 Å². The molecule has 1 aliphatic heterocycles. The average molecular weight is 508 g/mol. The van der Waals surface area contributed by atoms with Crippen LogP contribution in [0.5, 0.6) is 5.75 Å². The van der Waals surface area contributed by atoms with E-state index < -0.39 is 11.1 Å². The van der Waals surface area contributed by atoms with Gasteiger partial charge in [-0.15, -0.1) is 0 Å². The van der Waals surface area contributed by atoms with E-state index in [4.69, 9.17) is 4.74 Å². The number of imide groups is 1. The number of carbonyl (C=O) groups excluding carboxylic acids is 3. The van der Waals surface area contributed by atoms with Crippen LogP contribution in [-0.4, -0.2) is 28.4 Å². The van der Waals surface area contributed by atoms with E-state index in [-0.39, 0.29) is 17.2 Å². The second-order valence-electron chi connectivity index (χ2n) is 7.04. The zero-order chi connectivity index (χ0) is 22.5. The third kappa shape index (κ3) is 5.36. The summed E-state index contributed by atoms with van der Waals surface area (Å²) in [7, 11) is 0. The molecular formula is C25H18BrNO4S. The Morgan fingerprint density at radius 3 is 2.31 bits per heavy atom. The fourth-order valence-electron chi connectivity index (χ4n) is 3.06. The molecule has 160 valence electrons. The van der Waals surface area contributed by atoms with E-state index in [9.17, 15) is 14.4 Å². The molecule has 3 aromatic rings. The molecule has 7 heteroatoms. The molecule has 5 nitrogen and oxygen atoms in total. The number of benzene rings is 3. The fraction of sp³-hybridized carbons (Fsp3) is 0.0800. The topological polar surface area (TPSA) is 63.7 Å². The lowest BCUT2D eigenvalue weighted by molar-refractivity contribution is -0.122. The zero-order valence-corrected chi connectivity index (χ0v) is 19.3. The maximum atomic E-state index is 12.7.